The van der Waals surface area contributed by atoms with Crippen molar-refractivity contribution in [1.82, 2.24) is 0 Å². The lowest BCUT2D eigenvalue weighted by molar-refractivity contribution is -0.343. The number of ketones is 3. The van der Waals surface area contributed by atoms with Crippen molar-refractivity contribution >= 4 is 17.3 Å². The van der Waals surface area contributed by atoms with Gasteiger partial charge in [-0.2, -0.15) is 0 Å². The molecule has 18 nitrogen and oxygen atoms in total. The Kier molecular flexibility index (Phi) is 7.93. The molecule has 0 radical (unpaired) electrons. The number of carbonyl (C=O) groups excluding carboxylic acids is 3. The Morgan fingerprint density at radius 3 is 1.31 bits per heavy atom. The zero-order chi connectivity index (χ0) is 33.9. The van der Waals surface area contributed by atoms with E-state index in [1.165, 1.54) is 0 Å². The zero-order valence-electron chi connectivity index (χ0n) is 22.2. The highest BCUT2D eigenvalue weighted by molar-refractivity contribution is 6.08. The second-order valence-corrected chi connectivity index (χ2v) is 10.0. The third-order valence-corrected chi connectivity index (χ3v) is 7.15. The van der Waals surface area contributed by atoms with Gasteiger partial charge in [-0.3, -0.25) is 14.4 Å². The summed E-state index contributed by atoms with van der Waals surface area (Å²) in [6, 6.07) is 2.71. The van der Waals surface area contributed by atoms with Crippen LogP contribution in [0.3, 0.4) is 0 Å². The Morgan fingerprint density at radius 1 is 0.600 bits per heavy atom. The molecule has 1 aliphatic rings. The molecule has 3 aromatic carbocycles. The summed E-state index contributed by atoms with van der Waals surface area (Å²) in [6.07, 6.45) is -11.9. The Balaban J connectivity index is 1.90. The molecule has 0 bridgehead atoms. The quantitative estimate of drug-likeness (QED) is 0.0973. The molecule has 0 amide bonds. The highest BCUT2D eigenvalue weighted by Gasteiger charge is 2.69. The number of aromatic hydroxyl groups is 9. The minimum Gasteiger partial charge on any atom is -0.504 e. The standard InChI is InChI=1S/C27H24O18/c28-10-1-7(2-11(29)17(10)35)16(34)20(38)21-24(41)26(43,22(39)8-3-12(30)18(36)13(31)4-8)25(42)27(44,45-21)23(40)9-5-14(32)19(37)15(33)6-9/h1-6,20-21,24-25,28-33,35-38,41-44H/t20?,21-,24-,25-,26+,27-/m1/s1. The number of ether oxygens (including phenoxy) is 1. The number of phenols is 9. The van der Waals surface area contributed by atoms with Crippen molar-refractivity contribution in [3.05, 3.63) is 53.1 Å². The average molecular weight is 636 g/mol. The van der Waals surface area contributed by atoms with E-state index in [2.05, 4.69) is 0 Å². The SMILES string of the molecule is O=C(c1cc(O)c(O)c(O)c1)C(O)[C@H]1O[C@](O)(C(=O)c2cc(O)c(O)c(O)c2)[C@H](O)[C@](O)(C(=O)c2cc(O)c(O)c(O)c2)[C@@H]1O. The first kappa shape index (κ1) is 32.5. The summed E-state index contributed by atoms with van der Waals surface area (Å²) in [6.45, 7) is 0. The fourth-order valence-corrected chi connectivity index (χ4v) is 4.70. The van der Waals surface area contributed by atoms with E-state index in [0.29, 0.717) is 36.4 Å². The van der Waals surface area contributed by atoms with Crippen molar-refractivity contribution in [2.24, 2.45) is 0 Å². The van der Waals surface area contributed by atoms with Crippen LogP contribution < -0.4 is 0 Å². The molecule has 45 heavy (non-hydrogen) atoms. The van der Waals surface area contributed by atoms with Crippen LogP contribution in [0.2, 0.25) is 0 Å². The Bertz CT molecular complexity index is 1670. The van der Waals surface area contributed by atoms with Gasteiger partial charge in [0.15, 0.2) is 75.0 Å². The topological polar surface area (TPSA) is 344 Å². The minimum atomic E-state index is -3.98. The van der Waals surface area contributed by atoms with Crippen LogP contribution in [0, 0.1) is 0 Å². The van der Waals surface area contributed by atoms with Crippen molar-refractivity contribution < 1.29 is 90.6 Å². The number of carbonyl (C=O) groups is 3. The van der Waals surface area contributed by atoms with E-state index in [9.17, 15) is 85.9 Å². The normalized spacial score (nSPS) is 25.4. The van der Waals surface area contributed by atoms with E-state index < -0.39 is 122 Å². The summed E-state index contributed by atoms with van der Waals surface area (Å²) in [5, 5.41) is 144. The van der Waals surface area contributed by atoms with E-state index in [0.717, 1.165) is 0 Å². The maximum absolute atomic E-state index is 13.6. The van der Waals surface area contributed by atoms with Gasteiger partial charge < -0.3 is 76.2 Å². The van der Waals surface area contributed by atoms with Crippen LogP contribution in [0.25, 0.3) is 0 Å². The highest BCUT2D eigenvalue weighted by Crippen LogP contribution is 2.45. The Morgan fingerprint density at radius 2 is 0.933 bits per heavy atom. The van der Waals surface area contributed by atoms with Crippen LogP contribution in [0.1, 0.15) is 31.1 Å². The van der Waals surface area contributed by atoms with Gasteiger partial charge in [0.05, 0.1) is 0 Å². The first-order chi connectivity index (χ1) is 20.8. The van der Waals surface area contributed by atoms with Gasteiger partial charge in [0, 0.05) is 16.7 Å². The fourth-order valence-electron chi connectivity index (χ4n) is 4.70. The highest BCUT2D eigenvalue weighted by atomic mass is 16.7. The fraction of sp³-hybridized carbons (Fsp3) is 0.222. The molecule has 0 aliphatic carbocycles. The molecule has 6 atom stereocenters. The monoisotopic (exact) mass is 636 g/mol. The number of phenolic OH excluding ortho intramolecular Hbond substituents is 9. The van der Waals surface area contributed by atoms with Gasteiger partial charge in [-0.15, -0.1) is 0 Å². The van der Waals surface area contributed by atoms with Crippen molar-refractivity contribution in [1.29, 1.82) is 0 Å². The molecule has 1 heterocycles. The third-order valence-electron chi connectivity index (χ3n) is 7.15. The lowest BCUT2D eigenvalue weighted by atomic mass is 9.72. The van der Waals surface area contributed by atoms with E-state index in [1.807, 2.05) is 0 Å². The average Bonchev–Trinajstić information content (AvgIpc) is 2.99. The van der Waals surface area contributed by atoms with Crippen molar-refractivity contribution in [3.8, 4) is 51.7 Å². The summed E-state index contributed by atoms with van der Waals surface area (Å²) >= 11 is 0. The molecule has 0 aromatic heterocycles. The smallest absolute Gasteiger partial charge is 0.262 e. The van der Waals surface area contributed by atoms with Crippen LogP contribution in [0.5, 0.6) is 51.7 Å². The van der Waals surface area contributed by atoms with Crippen molar-refractivity contribution in [2.45, 2.75) is 35.8 Å². The number of benzene rings is 3. The predicted molar refractivity (Wildman–Crippen MR) is 140 cm³/mol. The van der Waals surface area contributed by atoms with Gasteiger partial charge in [-0.25, -0.2) is 0 Å². The molecular formula is C27H24O18. The number of hydrogen-bond donors (Lipinski definition) is 14. The minimum absolute atomic E-state index is 0.416. The molecule has 14 N–H and O–H groups in total. The summed E-state index contributed by atoms with van der Waals surface area (Å²) in [7, 11) is 0. The number of rotatable bonds is 7. The first-order valence-electron chi connectivity index (χ1n) is 12.3. The molecule has 1 aliphatic heterocycles. The molecule has 3 aromatic rings. The van der Waals surface area contributed by atoms with Crippen LogP contribution in [-0.2, 0) is 4.74 Å². The maximum Gasteiger partial charge on any atom is 0.262 e. The van der Waals surface area contributed by atoms with Crippen molar-refractivity contribution in [2.75, 3.05) is 0 Å². The molecule has 1 fully saturated rings. The molecule has 240 valence electrons. The number of Topliss-reactive ketones (excluding diaryl/α,β-unsaturated/α-hetero) is 3. The number of aliphatic hydroxyl groups is 5. The molecular weight excluding hydrogens is 612 g/mol. The predicted octanol–water partition coefficient (Wildman–Crippen LogP) is -2.11. The zero-order valence-corrected chi connectivity index (χ0v) is 22.2. The summed E-state index contributed by atoms with van der Waals surface area (Å²) in [5.41, 5.74) is -6.69. The summed E-state index contributed by atoms with van der Waals surface area (Å²) < 4.78 is 5.05. The van der Waals surface area contributed by atoms with Crippen molar-refractivity contribution in [3.63, 3.8) is 0 Å². The number of hydrogen-bond acceptors (Lipinski definition) is 18. The van der Waals surface area contributed by atoms with Crippen LogP contribution in [-0.4, -0.2) is 125 Å². The molecule has 18 heteroatoms. The molecule has 1 saturated heterocycles. The van der Waals surface area contributed by atoms with Gasteiger partial charge in [0.2, 0.25) is 5.78 Å². The van der Waals surface area contributed by atoms with Gasteiger partial charge in [0.1, 0.15) is 18.3 Å². The lowest BCUT2D eigenvalue weighted by Crippen LogP contribution is -2.77. The van der Waals surface area contributed by atoms with Crippen LogP contribution in [0.15, 0.2) is 36.4 Å². The van der Waals surface area contributed by atoms with Gasteiger partial charge in [-0.05, 0) is 36.4 Å². The Labute approximate surface area is 249 Å². The third kappa shape index (κ3) is 5.02. The first-order valence-corrected chi connectivity index (χ1v) is 12.3. The van der Waals surface area contributed by atoms with Gasteiger partial charge >= 0.3 is 0 Å². The molecule has 4 rings (SSSR count). The van der Waals surface area contributed by atoms with E-state index in [-0.39, 0.29) is 0 Å². The largest absolute Gasteiger partial charge is 0.504 e. The van der Waals surface area contributed by atoms with Crippen LogP contribution in [0.4, 0.5) is 0 Å². The molecule has 0 spiro atoms. The molecule has 1 unspecified atom stereocenters. The number of aliphatic hydroxyl groups excluding tert-OH is 3. The van der Waals surface area contributed by atoms with E-state index >= 15 is 0 Å². The van der Waals surface area contributed by atoms with Gasteiger partial charge in [0.25, 0.3) is 5.79 Å². The second-order valence-electron chi connectivity index (χ2n) is 10.0. The maximum atomic E-state index is 13.6. The lowest BCUT2D eigenvalue weighted by Gasteiger charge is -2.51. The molecule has 0 saturated carbocycles. The van der Waals surface area contributed by atoms with E-state index in [1.54, 1.807) is 0 Å². The van der Waals surface area contributed by atoms with Gasteiger partial charge in [-0.1, -0.05) is 0 Å². The van der Waals surface area contributed by atoms with E-state index in [4.69, 9.17) is 4.74 Å². The summed E-state index contributed by atoms with van der Waals surface area (Å²) in [5.74, 6) is -19.6. The second kappa shape index (κ2) is 11.0. The Hall–Kier alpha value is -5.37. The van der Waals surface area contributed by atoms with Crippen LogP contribution >= 0.6 is 0 Å². The summed E-state index contributed by atoms with van der Waals surface area (Å²) in [4.78, 5) is 40.2.